The number of piperidine rings is 1. The molecule has 0 aliphatic carbocycles. The van der Waals surface area contributed by atoms with E-state index in [1.54, 1.807) is 0 Å². The molecule has 0 bridgehead atoms. The Labute approximate surface area is 134 Å². The molecule has 1 spiro atoms. The van der Waals surface area contributed by atoms with Crippen molar-refractivity contribution in [2.75, 3.05) is 33.2 Å². The molecule has 4 nitrogen and oxygen atoms in total. The normalized spacial score (nSPS) is 23.3. The quantitative estimate of drug-likeness (QED) is 0.913. The molecular weight excluding hydrogens is 272 g/mol. The van der Waals surface area contributed by atoms with Crippen molar-refractivity contribution in [2.24, 2.45) is 5.41 Å². The van der Waals surface area contributed by atoms with Gasteiger partial charge in [-0.1, -0.05) is 0 Å². The molecule has 0 unspecified atom stereocenters. The van der Waals surface area contributed by atoms with Gasteiger partial charge in [0.15, 0.2) is 0 Å². The van der Waals surface area contributed by atoms with Gasteiger partial charge in [-0.15, -0.1) is 0 Å². The molecule has 1 aromatic heterocycles. The van der Waals surface area contributed by atoms with E-state index in [1.165, 1.54) is 64.0 Å². The van der Waals surface area contributed by atoms with Gasteiger partial charge in [-0.05, 0) is 83.7 Å². The molecule has 2 fully saturated rings. The Hall–Kier alpha value is -1.31. The summed E-state index contributed by atoms with van der Waals surface area (Å²) < 4.78 is 0. The molecule has 0 saturated carbocycles. The van der Waals surface area contributed by atoms with Crippen molar-refractivity contribution < 1.29 is 0 Å². The number of likely N-dealkylation sites (tertiary alicyclic amines) is 2. The average Bonchev–Trinajstić information content (AvgIpc) is 2.77. The number of aromatic amines is 1. The Morgan fingerprint density at radius 3 is 2.59 bits per heavy atom. The number of rotatable bonds is 2. The number of H-pyrrole nitrogens is 1. The average molecular weight is 300 g/mol. The van der Waals surface area contributed by atoms with Crippen molar-refractivity contribution >= 4 is 0 Å². The zero-order chi connectivity index (χ0) is 15.6. The van der Waals surface area contributed by atoms with Crippen LogP contribution in [0.4, 0.5) is 0 Å². The van der Waals surface area contributed by atoms with Crippen molar-refractivity contribution in [3.8, 4) is 6.07 Å². The van der Waals surface area contributed by atoms with E-state index in [0.717, 1.165) is 17.8 Å². The highest BCUT2D eigenvalue weighted by molar-refractivity contribution is 5.35. The standard InChI is InChI=1S/C18H28N4/c1-15-16(13-19)12-17(20-15)14-22-10-6-18(7-11-22)4-3-8-21(2)9-5-18/h12,20H,3-11,14H2,1-2H3. The number of nitriles is 1. The second-order valence-electron chi connectivity index (χ2n) is 7.38. The van der Waals surface area contributed by atoms with E-state index < -0.39 is 0 Å². The van der Waals surface area contributed by atoms with Gasteiger partial charge in [0.2, 0.25) is 0 Å². The van der Waals surface area contributed by atoms with Crippen LogP contribution in [0.3, 0.4) is 0 Å². The lowest BCUT2D eigenvalue weighted by Gasteiger charge is -2.41. The lowest BCUT2D eigenvalue weighted by atomic mass is 9.73. The van der Waals surface area contributed by atoms with Gasteiger partial charge < -0.3 is 9.88 Å². The van der Waals surface area contributed by atoms with Crippen molar-refractivity contribution in [3.05, 3.63) is 23.0 Å². The van der Waals surface area contributed by atoms with Crippen LogP contribution in [0.5, 0.6) is 0 Å². The summed E-state index contributed by atoms with van der Waals surface area (Å²) in [4.78, 5) is 8.40. The van der Waals surface area contributed by atoms with Crippen LogP contribution in [0, 0.1) is 23.7 Å². The second kappa shape index (κ2) is 6.44. The van der Waals surface area contributed by atoms with Crippen LogP contribution in [0.2, 0.25) is 0 Å². The molecule has 1 N–H and O–H groups in total. The first kappa shape index (κ1) is 15.6. The molecule has 22 heavy (non-hydrogen) atoms. The minimum atomic E-state index is 0.602. The summed E-state index contributed by atoms with van der Waals surface area (Å²) in [6.07, 6.45) is 6.82. The van der Waals surface area contributed by atoms with E-state index in [9.17, 15) is 0 Å². The highest BCUT2D eigenvalue weighted by Gasteiger charge is 2.35. The molecule has 0 atom stereocenters. The van der Waals surface area contributed by atoms with Crippen LogP contribution in [0.1, 0.15) is 49.1 Å². The van der Waals surface area contributed by atoms with Gasteiger partial charge in [-0.3, -0.25) is 4.90 Å². The van der Waals surface area contributed by atoms with Crippen molar-refractivity contribution in [2.45, 2.75) is 45.6 Å². The van der Waals surface area contributed by atoms with Crippen LogP contribution < -0.4 is 0 Å². The minimum Gasteiger partial charge on any atom is -0.360 e. The van der Waals surface area contributed by atoms with Gasteiger partial charge in [0.05, 0.1) is 5.56 Å². The highest BCUT2D eigenvalue weighted by Crippen LogP contribution is 2.41. The zero-order valence-electron chi connectivity index (χ0n) is 14.0. The van der Waals surface area contributed by atoms with E-state index >= 15 is 0 Å². The SMILES string of the molecule is Cc1[nH]c(CN2CCC3(CCCN(C)CC3)CC2)cc1C#N. The van der Waals surface area contributed by atoms with Crippen LogP contribution in [-0.4, -0.2) is 48.0 Å². The van der Waals surface area contributed by atoms with E-state index in [0.29, 0.717) is 5.41 Å². The fraction of sp³-hybridized carbons (Fsp3) is 0.722. The topological polar surface area (TPSA) is 46.1 Å². The summed E-state index contributed by atoms with van der Waals surface area (Å²) in [7, 11) is 2.26. The molecule has 4 heteroatoms. The van der Waals surface area contributed by atoms with Crippen molar-refractivity contribution in [1.82, 2.24) is 14.8 Å². The fourth-order valence-electron chi connectivity index (χ4n) is 4.14. The molecule has 2 aliphatic rings. The van der Waals surface area contributed by atoms with Gasteiger partial charge in [0.1, 0.15) is 6.07 Å². The van der Waals surface area contributed by atoms with Gasteiger partial charge in [0.25, 0.3) is 0 Å². The molecule has 2 aliphatic heterocycles. The summed E-state index contributed by atoms with van der Waals surface area (Å²) >= 11 is 0. The third-order valence-corrected chi connectivity index (χ3v) is 5.77. The summed E-state index contributed by atoms with van der Waals surface area (Å²) in [6, 6.07) is 4.27. The van der Waals surface area contributed by atoms with Gasteiger partial charge in [0, 0.05) is 17.9 Å². The number of nitrogens with zero attached hydrogens (tertiary/aromatic N) is 3. The summed E-state index contributed by atoms with van der Waals surface area (Å²) in [5, 5.41) is 9.06. The molecule has 0 amide bonds. The zero-order valence-corrected chi connectivity index (χ0v) is 14.0. The largest absolute Gasteiger partial charge is 0.360 e. The predicted molar refractivity (Wildman–Crippen MR) is 88.5 cm³/mol. The van der Waals surface area contributed by atoms with E-state index in [-0.39, 0.29) is 0 Å². The number of aryl methyl sites for hydroxylation is 1. The maximum absolute atomic E-state index is 9.06. The maximum atomic E-state index is 9.06. The monoisotopic (exact) mass is 300 g/mol. The Morgan fingerprint density at radius 2 is 1.91 bits per heavy atom. The van der Waals surface area contributed by atoms with Crippen LogP contribution in [0.15, 0.2) is 6.07 Å². The smallest absolute Gasteiger partial charge is 0.101 e. The third kappa shape index (κ3) is 3.37. The van der Waals surface area contributed by atoms with Gasteiger partial charge in [-0.2, -0.15) is 5.26 Å². The first-order chi connectivity index (χ1) is 10.6. The minimum absolute atomic E-state index is 0.602. The van der Waals surface area contributed by atoms with Crippen molar-refractivity contribution in [3.63, 3.8) is 0 Å². The third-order valence-electron chi connectivity index (χ3n) is 5.77. The van der Waals surface area contributed by atoms with E-state index in [4.69, 9.17) is 5.26 Å². The number of hydrogen-bond acceptors (Lipinski definition) is 3. The van der Waals surface area contributed by atoms with E-state index in [1.807, 2.05) is 13.0 Å². The molecular formula is C18H28N4. The Bertz CT molecular complexity index is 546. The lowest BCUT2D eigenvalue weighted by Crippen LogP contribution is -2.40. The number of nitrogens with one attached hydrogen (secondary N) is 1. The van der Waals surface area contributed by atoms with Crippen LogP contribution in [0.25, 0.3) is 0 Å². The summed E-state index contributed by atoms with van der Waals surface area (Å²) in [5.41, 5.74) is 3.57. The van der Waals surface area contributed by atoms with Crippen LogP contribution >= 0.6 is 0 Å². The van der Waals surface area contributed by atoms with Crippen LogP contribution in [-0.2, 0) is 6.54 Å². The molecule has 120 valence electrons. The molecule has 3 heterocycles. The van der Waals surface area contributed by atoms with Gasteiger partial charge >= 0.3 is 0 Å². The summed E-state index contributed by atoms with van der Waals surface area (Å²) in [5.74, 6) is 0. The predicted octanol–water partition coefficient (Wildman–Crippen LogP) is 2.89. The number of hydrogen-bond donors (Lipinski definition) is 1. The Balaban J connectivity index is 1.56. The Kier molecular flexibility index (Phi) is 4.56. The number of aromatic nitrogens is 1. The molecule has 0 aromatic carbocycles. The molecule has 3 rings (SSSR count). The summed E-state index contributed by atoms with van der Waals surface area (Å²) in [6.45, 7) is 7.87. The van der Waals surface area contributed by atoms with Gasteiger partial charge in [-0.25, -0.2) is 0 Å². The highest BCUT2D eigenvalue weighted by atomic mass is 15.1. The lowest BCUT2D eigenvalue weighted by molar-refractivity contribution is 0.0842. The van der Waals surface area contributed by atoms with E-state index in [2.05, 4.69) is 27.9 Å². The maximum Gasteiger partial charge on any atom is 0.101 e. The second-order valence-corrected chi connectivity index (χ2v) is 7.38. The molecule has 0 radical (unpaired) electrons. The fourth-order valence-corrected chi connectivity index (χ4v) is 4.14. The first-order valence-electron chi connectivity index (χ1n) is 8.60. The molecule has 1 aromatic rings. The molecule has 2 saturated heterocycles. The van der Waals surface area contributed by atoms with Crippen molar-refractivity contribution in [1.29, 1.82) is 5.26 Å². The Morgan fingerprint density at radius 1 is 1.18 bits per heavy atom. The first-order valence-corrected chi connectivity index (χ1v) is 8.60.